The van der Waals surface area contributed by atoms with E-state index in [-0.39, 0.29) is 0 Å². The molecule has 0 bridgehead atoms. The van der Waals surface area contributed by atoms with Crippen LogP contribution in [0.3, 0.4) is 0 Å². The SMILES string of the molecule is CCN(CC)C(C)(C(=O)O)c1ccccc1Cl. The maximum absolute atomic E-state index is 11.6. The van der Waals surface area contributed by atoms with Gasteiger partial charge in [0.2, 0.25) is 0 Å². The van der Waals surface area contributed by atoms with Crippen molar-refractivity contribution in [1.82, 2.24) is 4.90 Å². The molecule has 0 aromatic heterocycles. The minimum absolute atomic E-state index is 0.490. The van der Waals surface area contributed by atoms with Gasteiger partial charge in [-0.15, -0.1) is 0 Å². The maximum Gasteiger partial charge on any atom is 0.328 e. The Labute approximate surface area is 107 Å². The Hall–Kier alpha value is -1.06. The normalized spacial score (nSPS) is 14.6. The van der Waals surface area contributed by atoms with E-state index in [4.69, 9.17) is 11.6 Å². The van der Waals surface area contributed by atoms with Gasteiger partial charge in [0.15, 0.2) is 0 Å². The van der Waals surface area contributed by atoms with Gasteiger partial charge in [-0.05, 0) is 26.1 Å². The predicted octanol–water partition coefficient (Wildman–Crippen LogP) is 2.98. The zero-order valence-corrected chi connectivity index (χ0v) is 11.2. The van der Waals surface area contributed by atoms with Crippen molar-refractivity contribution in [3.63, 3.8) is 0 Å². The molecular formula is C13H18ClNO2. The molecule has 0 radical (unpaired) electrons. The van der Waals surface area contributed by atoms with E-state index in [9.17, 15) is 9.90 Å². The zero-order valence-electron chi connectivity index (χ0n) is 10.4. The Bertz CT molecular complexity index is 404. The molecule has 17 heavy (non-hydrogen) atoms. The van der Waals surface area contributed by atoms with Crippen LogP contribution in [0.2, 0.25) is 5.02 Å². The number of aliphatic carboxylic acids is 1. The van der Waals surface area contributed by atoms with Crippen molar-refractivity contribution in [3.8, 4) is 0 Å². The van der Waals surface area contributed by atoms with E-state index in [0.717, 1.165) is 0 Å². The number of likely N-dealkylation sites (N-methyl/N-ethyl adjacent to an activating group) is 1. The van der Waals surface area contributed by atoms with Crippen molar-refractivity contribution in [2.75, 3.05) is 13.1 Å². The first kappa shape index (κ1) is 14.0. The number of hydrogen-bond acceptors (Lipinski definition) is 2. The van der Waals surface area contributed by atoms with Gasteiger partial charge in [-0.3, -0.25) is 4.90 Å². The fourth-order valence-corrected chi connectivity index (χ4v) is 2.45. The summed E-state index contributed by atoms with van der Waals surface area (Å²) in [5, 5.41) is 10.0. The molecule has 0 aliphatic carbocycles. The number of rotatable bonds is 5. The van der Waals surface area contributed by atoms with Gasteiger partial charge in [-0.25, -0.2) is 4.79 Å². The van der Waals surface area contributed by atoms with Crippen LogP contribution in [0, 0.1) is 0 Å². The second kappa shape index (κ2) is 5.52. The lowest BCUT2D eigenvalue weighted by Gasteiger charge is -2.37. The summed E-state index contributed by atoms with van der Waals surface area (Å²) in [6.45, 7) is 6.90. The van der Waals surface area contributed by atoms with Crippen LogP contribution >= 0.6 is 11.6 Å². The molecule has 1 atom stereocenters. The molecule has 0 amide bonds. The molecule has 0 aliphatic heterocycles. The van der Waals surface area contributed by atoms with Crippen LogP contribution in [0.25, 0.3) is 0 Å². The van der Waals surface area contributed by atoms with Crippen LogP contribution in [0.4, 0.5) is 0 Å². The third kappa shape index (κ3) is 2.45. The monoisotopic (exact) mass is 255 g/mol. The topological polar surface area (TPSA) is 40.5 Å². The van der Waals surface area contributed by atoms with Crippen molar-refractivity contribution in [2.24, 2.45) is 0 Å². The number of hydrogen-bond donors (Lipinski definition) is 1. The average molecular weight is 256 g/mol. The van der Waals surface area contributed by atoms with Crippen LogP contribution in [0.1, 0.15) is 26.3 Å². The summed E-state index contributed by atoms with van der Waals surface area (Å²) in [6.07, 6.45) is 0. The molecule has 1 aromatic rings. The summed E-state index contributed by atoms with van der Waals surface area (Å²) in [5.74, 6) is -0.880. The lowest BCUT2D eigenvalue weighted by molar-refractivity contribution is -0.151. The number of nitrogens with zero attached hydrogens (tertiary/aromatic N) is 1. The first-order valence-corrected chi connectivity index (χ1v) is 6.09. The summed E-state index contributed by atoms with van der Waals surface area (Å²) < 4.78 is 0. The molecule has 3 nitrogen and oxygen atoms in total. The van der Waals surface area contributed by atoms with E-state index in [1.165, 1.54) is 0 Å². The van der Waals surface area contributed by atoms with Crippen molar-refractivity contribution in [3.05, 3.63) is 34.9 Å². The Morgan fingerprint density at radius 3 is 2.29 bits per heavy atom. The van der Waals surface area contributed by atoms with Crippen LogP contribution in [-0.2, 0) is 10.3 Å². The van der Waals surface area contributed by atoms with Crippen molar-refractivity contribution in [1.29, 1.82) is 0 Å². The van der Waals surface area contributed by atoms with Gasteiger partial charge >= 0.3 is 5.97 Å². The molecule has 1 N–H and O–H groups in total. The molecule has 0 fully saturated rings. The van der Waals surface area contributed by atoms with E-state index in [1.807, 2.05) is 24.8 Å². The highest BCUT2D eigenvalue weighted by molar-refractivity contribution is 6.31. The summed E-state index contributed by atoms with van der Waals surface area (Å²) >= 11 is 6.12. The maximum atomic E-state index is 11.6. The fraction of sp³-hybridized carbons (Fsp3) is 0.462. The lowest BCUT2D eigenvalue weighted by atomic mass is 9.90. The van der Waals surface area contributed by atoms with E-state index in [2.05, 4.69) is 0 Å². The summed E-state index contributed by atoms with van der Waals surface area (Å²) in [5.41, 5.74) is -0.445. The standard InChI is InChI=1S/C13H18ClNO2/c1-4-15(5-2)13(3,12(16)17)10-8-6-7-9-11(10)14/h6-9H,4-5H2,1-3H3,(H,16,17). The Morgan fingerprint density at radius 1 is 1.35 bits per heavy atom. The van der Waals surface area contributed by atoms with E-state index < -0.39 is 11.5 Å². The molecule has 1 unspecified atom stereocenters. The zero-order chi connectivity index (χ0) is 13.1. The van der Waals surface area contributed by atoms with E-state index in [1.54, 1.807) is 25.1 Å². The minimum Gasteiger partial charge on any atom is -0.480 e. The molecule has 0 saturated heterocycles. The molecule has 0 saturated carbocycles. The Balaban J connectivity index is 3.35. The predicted molar refractivity (Wildman–Crippen MR) is 69.4 cm³/mol. The van der Waals surface area contributed by atoms with Crippen molar-refractivity contribution >= 4 is 17.6 Å². The molecule has 4 heteroatoms. The largest absolute Gasteiger partial charge is 0.480 e. The number of carboxylic acid groups (broad SMARTS) is 1. The van der Waals surface area contributed by atoms with Crippen molar-refractivity contribution in [2.45, 2.75) is 26.3 Å². The highest BCUT2D eigenvalue weighted by Gasteiger charge is 2.41. The molecule has 0 heterocycles. The molecular weight excluding hydrogens is 238 g/mol. The van der Waals surface area contributed by atoms with Gasteiger partial charge in [0.25, 0.3) is 0 Å². The first-order valence-electron chi connectivity index (χ1n) is 5.71. The number of benzene rings is 1. The second-order valence-corrected chi connectivity index (χ2v) is 4.44. The van der Waals surface area contributed by atoms with Gasteiger partial charge < -0.3 is 5.11 Å². The van der Waals surface area contributed by atoms with Crippen LogP contribution < -0.4 is 0 Å². The van der Waals surface area contributed by atoms with E-state index in [0.29, 0.717) is 23.7 Å². The van der Waals surface area contributed by atoms with Crippen LogP contribution in [-0.4, -0.2) is 29.1 Å². The molecule has 0 spiro atoms. The highest BCUT2D eigenvalue weighted by Crippen LogP contribution is 2.33. The summed E-state index contributed by atoms with van der Waals surface area (Å²) in [7, 11) is 0. The summed E-state index contributed by atoms with van der Waals surface area (Å²) in [4.78, 5) is 13.5. The Kier molecular flexibility index (Phi) is 4.54. The molecule has 1 aromatic carbocycles. The third-order valence-corrected chi connectivity index (χ3v) is 3.54. The second-order valence-electron chi connectivity index (χ2n) is 4.03. The fourth-order valence-electron chi connectivity index (χ4n) is 2.13. The minimum atomic E-state index is -1.08. The van der Waals surface area contributed by atoms with Crippen LogP contribution in [0.5, 0.6) is 0 Å². The van der Waals surface area contributed by atoms with Gasteiger partial charge in [-0.1, -0.05) is 43.6 Å². The van der Waals surface area contributed by atoms with E-state index >= 15 is 0 Å². The lowest BCUT2D eigenvalue weighted by Crippen LogP contribution is -2.49. The smallest absolute Gasteiger partial charge is 0.328 e. The highest BCUT2D eigenvalue weighted by atomic mass is 35.5. The quantitative estimate of drug-likeness (QED) is 0.879. The average Bonchev–Trinajstić information content (AvgIpc) is 2.30. The number of halogens is 1. The third-order valence-electron chi connectivity index (χ3n) is 3.21. The van der Waals surface area contributed by atoms with Gasteiger partial charge in [0.1, 0.15) is 5.54 Å². The molecule has 94 valence electrons. The Morgan fingerprint density at radius 2 is 1.88 bits per heavy atom. The van der Waals surface area contributed by atoms with Gasteiger partial charge in [-0.2, -0.15) is 0 Å². The van der Waals surface area contributed by atoms with Gasteiger partial charge in [0.05, 0.1) is 0 Å². The number of carboxylic acids is 1. The number of carbonyl (C=O) groups is 1. The first-order chi connectivity index (χ1) is 7.98. The van der Waals surface area contributed by atoms with Gasteiger partial charge in [0, 0.05) is 10.6 Å². The van der Waals surface area contributed by atoms with Crippen LogP contribution in [0.15, 0.2) is 24.3 Å². The summed E-state index contributed by atoms with van der Waals surface area (Å²) in [6, 6.07) is 7.11. The molecule has 1 rings (SSSR count). The van der Waals surface area contributed by atoms with Crippen molar-refractivity contribution < 1.29 is 9.90 Å². The molecule has 0 aliphatic rings.